The van der Waals surface area contributed by atoms with Gasteiger partial charge in [-0.1, -0.05) is 0 Å². The molecule has 0 fully saturated rings. The van der Waals surface area contributed by atoms with Gasteiger partial charge in [0, 0.05) is 13.1 Å². The monoisotopic (exact) mass is 362 g/mol. The van der Waals surface area contributed by atoms with Crippen LogP contribution < -0.4 is 0 Å². The Morgan fingerprint density at radius 3 is 2.52 bits per heavy atom. The molecule has 0 aliphatic heterocycles. The van der Waals surface area contributed by atoms with Crippen LogP contribution in [0.4, 0.5) is 23.1 Å². The molecule has 0 bridgehead atoms. The summed E-state index contributed by atoms with van der Waals surface area (Å²) >= 11 is 0. The van der Waals surface area contributed by atoms with Crippen molar-refractivity contribution in [1.82, 2.24) is 19.7 Å². The maximum absolute atomic E-state index is 10.3. The molecule has 2 heterocycles. The van der Waals surface area contributed by atoms with Gasteiger partial charge in [0.1, 0.15) is 23.6 Å². The van der Waals surface area contributed by atoms with E-state index in [9.17, 15) is 10.2 Å². The Labute approximate surface area is 151 Å². The molecule has 0 radical (unpaired) electrons. The standard InChI is InChI=1S/C15H10N10O2/c1-25-12(4-5-18-25)22-23-13-11(26)3-2-8(14(13)27)21-24-15-19-9(6-16)10(7-17)20-15/h2-5,26-27H,1H3,(H,19,20)/b23-22+,24-21+. The van der Waals surface area contributed by atoms with Crippen molar-refractivity contribution >= 4 is 23.1 Å². The number of nitrogens with zero attached hydrogens (tertiary/aromatic N) is 9. The smallest absolute Gasteiger partial charge is 0.249 e. The summed E-state index contributed by atoms with van der Waals surface area (Å²) in [4.78, 5) is 6.29. The summed E-state index contributed by atoms with van der Waals surface area (Å²) < 4.78 is 1.46. The number of nitrogens with one attached hydrogen (secondary N) is 1. The fraction of sp³-hybridized carbons (Fsp3) is 0.0667. The molecule has 0 unspecified atom stereocenters. The summed E-state index contributed by atoms with van der Waals surface area (Å²) in [5, 5.41) is 57.1. The van der Waals surface area contributed by atoms with Crippen LogP contribution in [-0.2, 0) is 7.05 Å². The first kappa shape index (κ1) is 17.2. The highest BCUT2D eigenvalue weighted by atomic mass is 16.3. The Morgan fingerprint density at radius 1 is 1.07 bits per heavy atom. The maximum Gasteiger partial charge on any atom is 0.249 e. The second-order valence-electron chi connectivity index (χ2n) is 5.02. The number of aryl methyl sites for hydroxylation is 1. The highest BCUT2D eigenvalue weighted by molar-refractivity contribution is 5.71. The number of aromatic nitrogens is 4. The SMILES string of the molecule is Cn1nccc1/N=N/c1c(O)ccc(/N=N/c2nc(C#N)c(C#N)[nH]2)c1O. The van der Waals surface area contributed by atoms with Crippen molar-refractivity contribution in [2.45, 2.75) is 0 Å². The van der Waals surface area contributed by atoms with E-state index in [1.165, 1.54) is 23.0 Å². The van der Waals surface area contributed by atoms with Crippen molar-refractivity contribution in [3.05, 3.63) is 35.8 Å². The number of phenolic OH excluding ortho intramolecular Hbond substituents is 2. The summed E-state index contributed by atoms with van der Waals surface area (Å²) in [6.45, 7) is 0. The predicted octanol–water partition coefficient (Wildman–Crippen LogP) is 3.13. The lowest BCUT2D eigenvalue weighted by Gasteiger charge is -2.03. The van der Waals surface area contributed by atoms with Gasteiger partial charge in [0.25, 0.3) is 0 Å². The first-order valence-corrected chi connectivity index (χ1v) is 7.30. The largest absolute Gasteiger partial charge is 0.505 e. The Hall–Kier alpha value is -4.58. The normalized spacial score (nSPS) is 11.1. The van der Waals surface area contributed by atoms with Gasteiger partial charge < -0.3 is 15.2 Å². The maximum atomic E-state index is 10.3. The number of hydrogen-bond acceptors (Lipinski definition) is 10. The zero-order valence-electron chi connectivity index (χ0n) is 13.7. The predicted molar refractivity (Wildman–Crippen MR) is 89.3 cm³/mol. The lowest BCUT2D eigenvalue weighted by atomic mass is 10.2. The number of rotatable bonds is 4. The van der Waals surface area contributed by atoms with E-state index in [0.29, 0.717) is 5.82 Å². The molecule has 12 nitrogen and oxygen atoms in total. The van der Waals surface area contributed by atoms with Gasteiger partial charge in [-0.05, 0) is 12.1 Å². The second kappa shape index (κ2) is 7.12. The van der Waals surface area contributed by atoms with E-state index < -0.39 is 5.75 Å². The molecule has 27 heavy (non-hydrogen) atoms. The average Bonchev–Trinajstić information content (AvgIpc) is 3.26. The molecule has 0 aliphatic rings. The first-order chi connectivity index (χ1) is 13.0. The van der Waals surface area contributed by atoms with E-state index >= 15 is 0 Å². The minimum atomic E-state index is -0.461. The van der Waals surface area contributed by atoms with E-state index in [-0.39, 0.29) is 34.5 Å². The average molecular weight is 362 g/mol. The zero-order chi connectivity index (χ0) is 19.4. The van der Waals surface area contributed by atoms with Crippen LogP contribution in [0.25, 0.3) is 0 Å². The van der Waals surface area contributed by atoms with Crippen molar-refractivity contribution in [2.24, 2.45) is 27.5 Å². The van der Waals surface area contributed by atoms with Crippen LogP contribution in [-0.4, -0.2) is 30.0 Å². The fourth-order valence-electron chi connectivity index (χ4n) is 1.98. The minimum Gasteiger partial charge on any atom is -0.505 e. The molecule has 0 amide bonds. The number of hydrogen-bond donors (Lipinski definition) is 3. The molecular formula is C15H10N10O2. The molecule has 3 rings (SSSR count). The number of phenols is 2. The van der Waals surface area contributed by atoms with Gasteiger partial charge in [0.15, 0.2) is 28.6 Å². The van der Waals surface area contributed by atoms with Crippen LogP contribution in [0, 0.1) is 22.7 Å². The van der Waals surface area contributed by atoms with Crippen molar-refractivity contribution in [3.8, 4) is 23.6 Å². The number of imidazole rings is 1. The Morgan fingerprint density at radius 2 is 1.89 bits per heavy atom. The topological polar surface area (TPSA) is 184 Å². The molecule has 0 aliphatic carbocycles. The molecule has 0 spiro atoms. The second-order valence-corrected chi connectivity index (χ2v) is 5.02. The van der Waals surface area contributed by atoms with Crippen molar-refractivity contribution < 1.29 is 10.2 Å². The molecule has 3 N–H and O–H groups in total. The Kier molecular flexibility index (Phi) is 4.55. The van der Waals surface area contributed by atoms with Gasteiger partial charge in [0.2, 0.25) is 5.95 Å². The molecule has 0 saturated heterocycles. The number of H-pyrrole nitrogens is 1. The molecule has 0 saturated carbocycles. The van der Waals surface area contributed by atoms with Gasteiger partial charge >= 0.3 is 0 Å². The number of aromatic amines is 1. The lowest BCUT2D eigenvalue weighted by molar-refractivity contribution is 0.453. The molecule has 2 aromatic heterocycles. The third-order valence-corrected chi connectivity index (χ3v) is 3.32. The third kappa shape index (κ3) is 3.45. The van der Waals surface area contributed by atoms with Crippen molar-refractivity contribution in [1.29, 1.82) is 10.5 Å². The van der Waals surface area contributed by atoms with Gasteiger partial charge in [-0.3, -0.25) is 0 Å². The van der Waals surface area contributed by atoms with Crippen LogP contribution in [0.1, 0.15) is 11.4 Å². The van der Waals surface area contributed by atoms with Crippen LogP contribution in [0.3, 0.4) is 0 Å². The van der Waals surface area contributed by atoms with E-state index in [1.54, 1.807) is 25.3 Å². The Bertz CT molecular complexity index is 1110. The Balaban J connectivity index is 1.93. The van der Waals surface area contributed by atoms with E-state index in [0.717, 1.165) is 0 Å². The number of aromatic hydroxyl groups is 2. The summed E-state index contributed by atoms with van der Waals surface area (Å²) in [5.41, 5.74) is -0.401. The number of azo groups is 2. The highest BCUT2D eigenvalue weighted by Gasteiger charge is 2.13. The summed E-state index contributed by atoms with van der Waals surface area (Å²) in [7, 11) is 1.66. The van der Waals surface area contributed by atoms with Crippen LogP contribution in [0.15, 0.2) is 44.9 Å². The number of benzene rings is 1. The van der Waals surface area contributed by atoms with Crippen LogP contribution >= 0.6 is 0 Å². The van der Waals surface area contributed by atoms with Gasteiger partial charge in [-0.25, -0.2) is 4.68 Å². The van der Waals surface area contributed by atoms with E-state index in [2.05, 4.69) is 35.5 Å². The molecule has 1 aromatic carbocycles. The molecule has 0 atom stereocenters. The molecule has 132 valence electrons. The summed E-state index contributed by atoms with van der Waals surface area (Å²) in [6.07, 6.45) is 1.52. The summed E-state index contributed by atoms with van der Waals surface area (Å²) in [5.74, 6) is -0.454. The van der Waals surface area contributed by atoms with E-state index in [1.807, 2.05) is 0 Å². The molecule has 3 aromatic rings. The van der Waals surface area contributed by atoms with Gasteiger partial charge in [-0.15, -0.1) is 20.5 Å². The number of nitriles is 2. The first-order valence-electron chi connectivity index (χ1n) is 7.30. The lowest BCUT2D eigenvalue weighted by Crippen LogP contribution is -1.86. The minimum absolute atomic E-state index is 0.0276. The molecule has 12 heteroatoms. The fourth-order valence-corrected chi connectivity index (χ4v) is 1.98. The zero-order valence-corrected chi connectivity index (χ0v) is 13.7. The highest BCUT2D eigenvalue weighted by Crippen LogP contribution is 2.43. The van der Waals surface area contributed by atoms with Gasteiger partial charge in [-0.2, -0.15) is 20.6 Å². The van der Waals surface area contributed by atoms with Crippen molar-refractivity contribution in [3.63, 3.8) is 0 Å². The quantitative estimate of drug-likeness (QED) is 0.598. The van der Waals surface area contributed by atoms with E-state index in [4.69, 9.17) is 10.5 Å². The molecular weight excluding hydrogens is 352 g/mol. The third-order valence-electron chi connectivity index (χ3n) is 3.32. The van der Waals surface area contributed by atoms with Crippen molar-refractivity contribution in [2.75, 3.05) is 0 Å². The van der Waals surface area contributed by atoms with Gasteiger partial charge in [0.05, 0.1) is 6.20 Å². The van der Waals surface area contributed by atoms with Crippen LogP contribution in [0.2, 0.25) is 0 Å². The summed E-state index contributed by atoms with van der Waals surface area (Å²) in [6, 6.07) is 7.67. The van der Waals surface area contributed by atoms with Crippen LogP contribution in [0.5, 0.6) is 11.5 Å².